The van der Waals surface area contributed by atoms with Gasteiger partial charge in [-0.3, -0.25) is 14.3 Å². The molecule has 11 heteroatoms. The van der Waals surface area contributed by atoms with Crippen LogP contribution in [0.4, 0.5) is 17.1 Å². The fraction of sp³-hybridized carbons (Fsp3) is 0.318. The summed E-state index contributed by atoms with van der Waals surface area (Å²) in [4.78, 5) is 25.9. The largest absolute Gasteiger partial charge is 0.497 e. The molecule has 3 N–H and O–H groups in total. The Kier molecular flexibility index (Phi) is 6.50. The maximum absolute atomic E-state index is 13.4. The van der Waals surface area contributed by atoms with Crippen LogP contribution in [0.1, 0.15) is 25.7 Å². The lowest BCUT2D eigenvalue weighted by molar-refractivity contribution is -0.121. The number of hydrazone groups is 1. The second-order valence-corrected chi connectivity index (χ2v) is 9.41. The highest BCUT2D eigenvalue weighted by molar-refractivity contribution is 7.92. The number of amides is 2. The number of sulfonamides is 1. The summed E-state index contributed by atoms with van der Waals surface area (Å²) in [7, 11) is -2.43. The Morgan fingerprint density at radius 3 is 2.39 bits per heavy atom. The minimum Gasteiger partial charge on any atom is -0.497 e. The van der Waals surface area contributed by atoms with Crippen molar-refractivity contribution in [3.8, 4) is 5.75 Å². The van der Waals surface area contributed by atoms with Gasteiger partial charge in [0, 0.05) is 37.3 Å². The normalized spacial score (nSPS) is 16.1. The van der Waals surface area contributed by atoms with Crippen LogP contribution < -0.4 is 25.1 Å². The number of ether oxygens (including phenoxy) is 1. The predicted molar refractivity (Wildman–Crippen MR) is 125 cm³/mol. The molecule has 33 heavy (non-hydrogen) atoms. The molecule has 2 amide bonds. The molecule has 0 aliphatic carbocycles. The molecule has 4 rings (SSSR count). The molecule has 0 saturated carbocycles. The molecule has 0 radical (unpaired) electrons. The van der Waals surface area contributed by atoms with Crippen LogP contribution in [-0.4, -0.2) is 46.1 Å². The highest BCUT2D eigenvalue weighted by atomic mass is 32.2. The van der Waals surface area contributed by atoms with Crippen LogP contribution in [0.15, 0.2) is 52.5 Å². The van der Waals surface area contributed by atoms with Gasteiger partial charge in [-0.2, -0.15) is 5.10 Å². The summed E-state index contributed by atoms with van der Waals surface area (Å²) in [5.74, 6) is -0.128. The Bertz CT molecular complexity index is 1190. The van der Waals surface area contributed by atoms with E-state index in [2.05, 4.69) is 20.6 Å². The van der Waals surface area contributed by atoms with E-state index >= 15 is 0 Å². The number of hydrogen-bond acceptors (Lipinski definition) is 7. The number of hydrogen-bond donors (Lipinski definition) is 3. The SMILES string of the molecule is COc1ccc(NS(=O)(=O)c2cc(NC(=O)C3=NNC(=O)CC3)ccc2N2CCCC2)cc1. The number of nitrogens with one attached hydrogen (secondary N) is 3. The average molecular weight is 472 g/mol. The Labute approximate surface area is 192 Å². The number of methoxy groups -OCH3 is 1. The van der Waals surface area contributed by atoms with Gasteiger partial charge in [-0.05, 0) is 55.3 Å². The molecule has 1 fully saturated rings. The zero-order valence-corrected chi connectivity index (χ0v) is 18.9. The summed E-state index contributed by atoms with van der Waals surface area (Å²) in [6, 6.07) is 11.4. The smallest absolute Gasteiger partial charge is 0.271 e. The van der Waals surface area contributed by atoms with Gasteiger partial charge >= 0.3 is 0 Å². The number of carbonyl (C=O) groups is 2. The van der Waals surface area contributed by atoms with Crippen molar-refractivity contribution >= 4 is 44.6 Å². The van der Waals surface area contributed by atoms with Crippen LogP contribution in [0.3, 0.4) is 0 Å². The molecule has 0 unspecified atom stereocenters. The first-order valence-corrected chi connectivity index (χ1v) is 12.1. The van der Waals surface area contributed by atoms with E-state index in [1.807, 2.05) is 4.90 Å². The van der Waals surface area contributed by atoms with Gasteiger partial charge < -0.3 is 15.0 Å². The van der Waals surface area contributed by atoms with Gasteiger partial charge in [0.25, 0.3) is 15.9 Å². The third-order valence-corrected chi connectivity index (χ3v) is 6.87. The molecule has 2 aromatic carbocycles. The molecule has 10 nitrogen and oxygen atoms in total. The number of benzene rings is 2. The fourth-order valence-electron chi connectivity index (χ4n) is 3.74. The summed E-state index contributed by atoms with van der Waals surface area (Å²) in [5.41, 5.74) is 3.75. The minimum atomic E-state index is -3.96. The zero-order chi connectivity index (χ0) is 23.4. The third-order valence-electron chi connectivity index (χ3n) is 5.46. The van der Waals surface area contributed by atoms with Crippen molar-refractivity contribution in [3.05, 3.63) is 42.5 Å². The van der Waals surface area contributed by atoms with Crippen LogP contribution in [0.25, 0.3) is 0 Å². The monoisotopic (exact) mass is 471 g/mol. The molecule has 174 valence electrons. The first-order chi connectivity index (χ1) is 15.9. The second-order valence-electron chi connectivity index (χ2n) is 7.76. The van der Waals surface area contributed by atoms with Crippen LogP contribution in [-0.2, 0) is 19.6 Å². The maximum atomic E-state index is 13.4. The lowest BCUT2D eigenvalue weighted by atomic mass is 10.1. The lowest BCUT2D eigenvalue weighted by Gasteiger charge is -2.22. The van der Waals surface area contributed by atoms with Gasteiger partial charge in [0.1, 0.15) is 16.4 Å². The highest BCUT2D eigenvalue weighted by Gasteiger charge is 2.26. The summed E-state index contributed by atoms with van der Waals surface area (Å²) >= 11 is 0. The van der Waals surface area contributed by atoms with Gasteiger partial charge in [0.15, 0.2) is 0 Å². The van der Waals surface area contributed by atoms with Gasteiger partial charge in [-0.1, -0.05) is 0 Å². The summed E-state index contributed by atoms with van der Waals surface area (Å²) in [6.07, 6.45) is 2.35. The molecule has 0 spiro atoms. The zero-order valence-electron chi connectivity index (χ0n) is 18.1. The van der Waals surface area contributed by atoms with Crippen LogP contribution in [0, 0.1) is 0 Å². The molecule has 2 aliphatic rings. The van der Waals surface area contributed by atoms with Gasteiger partial charge in [-0.25, -0.2) is 13.8 Å². The average Bonchev–Trinajstić information content (AvgIpc) is 3.34. The summed E-state index contributed by atoms with van der Waals surface area (Å²) < 4.78 is 34.4. The molecule has 2 heterocycles. The maximum Gasteiger partial charge on any atom is 0.271 e. The summed E-state index contributed by atoms with van der Waals surface area (Å²) in [5, 5.41) is 6.47. The second kappa shape index (κ2) is 9.49. The molecule has 0 atom stereocenters. The third kappa shape index (κ3) is 5.25. The van der Waals surface area contributed by atoms with E-state index < -0.39 is 15.9 Å². The number of anilines is 3. The van der Waals surface area contributed by atoms with Gasteiger partial charge in [0.2, 0.25) is 5.91 Å². The van der Waals surface area contributed by atoms with Gasteiger partial charge in [-0.15, -0.1) is 0 Å². The van der Waals surface area contributed by atoms with Crippen molar-refractivity contribution in [2.24, 2.45) is 5.10 Å². The van der Waals surface area contributed by atoms with E-state index in [0.29, 0.717) is 22.8 Å². The Morgan fingerprint density at radius 2 is 1.76 bits per heavy atom. The van der Waals surface area contributed by atoms with Gasteiger partial charge in [0.05, 0.1) is 12.8 Å². The Morgan fingerprint density at radius 1 is 1.06 bits per heavy atom. The van der Waals surface area contributed by atoms with Crippen LogP contribution >= 0.6 is 0 Å². The van der Waals surface area contributed by atoms with Crippen LogP contribution in [0.2, 0.25) is 0 Å². The molecule has 2 aromatic rings. The molecular formula is C22H25N5O5S. The highest BCUT2D eigenvalue weighted by Crippen LogP contribution is 2.32. The molecule has 2 aliphatic heterocycles. The fourth-order valence-corrected chi connectivity index (χ4v) is 5.05. The van der Waals surface area contributed by atoms with Crippen molar-refractivity contribution in [2.75, 3.05) is 35.1 Å². The Balaban J connectivity index is 1.63. The van der Waals surface area contributed by atoms with Crippen molar-refractivity contribution < 1.29 is 22.7 Å². The summed E-state index contributed by atoms with van der Waals surface area (Å²) in [6.45, 7) is 1.51. The van der Waals surface area contributed by atoms with E-state index in [9.17, 15) is 18.0 Å². The van der Waals surface area contributed by atoms with E-state index in [1.54, 1.807) is 36.4 Å². The quantitative estimate of drug-likeness (QED) is 0.568. The van der Waals surface area contributed by atoms with E-state index in [4.69, 9.17) is 4.74 Å². The topological polar surface area (TPSA) is 129 Å². The van der Waals surface area contributed by atoms with E-state index in [0.717, 1.165) is 25.9 Å². The molecule has 0 bridgehead atoms. The molecule has 0 aromatic heterocycles. The molecule has 1 saturated heterocycles. The first kappa shape index (κ1) is 22.6. The van der Waals surface area contributed by atoms with Crippen molar-refractivity contribution in [1.82, 2.24) is 5.43 Å². The predicted octanol–water partition coefficient (Wildman–Crippen LogP) is 2.30. The first-order valence-electron chi connectivity index (χ1n) is 10.6. The van der Waals surface area contributed by atoms with E-state index in [1.165, 1.54) is 13.2 Å². The van der Waals surface area contributed by atoms with Crippen molar-refractivity contribution in [1.29, 1.82) is 0 Å². The standard InChI is InChI=1S/C22H25N5O5S/c1-32-17-7-4-15(5-8-17)26-33(30,31)20-14-16(6-10-19(20)27-12-2-3-13-27)23-22(29)18-9-11-21(28)25-24-18/h4-8,10,14,26H,2-3,9,11-13H2,1H3,(H,23,29)(H,25,28). The Hall–Kier alpha value is -3.60. The number of nitrogens with zero attached hydrogens (tertiary/aromatic N) is 2. The lowest BCUT2D eigenvalue weighted by Crippen LogP contribution is -2.32. The van der Waals surface area contributed by atoms with Crippen molar-refractivity contribution in [3.63, 3.8) is 0 Å². The van der Waals surface area contributed by atoms with Crippen LogP contribution in [0.5, 0.6) is 5.75 Å². The number of rotatable bonds is 7. The van der Waals surface area contributed by atoms with Crippen molar-refractivity contribution in [2.45, 2.75) is 30.6 Å². The van der Waals surface area contributed by atoms with E-state index in [-0.39, 0.29) is 29.4 Å². The minimum absolute atomic E-state index is 0.0666. The number of carbonyl (C=O) groups excluding carboxylic acids is 2. The molecular weight excluding hydrogens is 446 g/mol.